The Labute approximate surface area is 214 Å². The number of nitrogens with one attached hydrogen (secondary N) is 2. The van der Waals surface area contributed by atoms with Gasteiger partial charge < -0.3 is 15.0 Å². The normalized spacial score (nSPS) is 13.4. The predicted octanol–water partition coefficient (Wildman–Crippen LogP) is 3.79. The monoisotopic (exact) mass is 497 g/mol. The number of urea groups is 1. The van der Waals surface area contributed by atoms with Gasteiger partial charge in [0.15, 0.2) is 0 Å². The van der Waals surface area contributed by atoms with Crippen molar-refractivity contribution in [2.75, 3.05) is 13.2 Å². The quantitative estimate of drug-likeness (QED) is 0.361. The highest BCUT2D eigenvalue weighted by Gasteiger charge is 2.30. The molecule has 1 aliphatic heterocycles. The second-order valence-electron chi connectivity index (χ2n) is 8.89. The summed E-state index contributed by atoms with van der Waals surface area (Å²) in [5.41, 5.74) is 5.43. The zero-order valence-corrected chi connectivity index (χ0v) is 20.6. The van der Waals surface area contributed by atoms with Crippen LogP contribution in [0.5, 0.6) is 5.75 Å². The molecule has 1 aromatic heterocycles. The molecule has 1 aliphatic rings. The maximum Gasteiger partial charge on any atom is 0.321 e. The SMILES string of the molecule is CCOc1ccc2c(c1)C(=O)N(C[C@H](NC(=O)NC=O)c1ccc(-c3ccc4c(cnn4C)c3)cc1)C2. The Kier molecular flexibility index (Phi) is 6.59. The number of rotatable bonds is 8. The van der Waals surface area contributed by atoms with Crippen LogP contribution in [0.25, 0.3) is 22.0 Å². The van der Waals surface area contributed by atoms with E-state index >= 15 is 0 Å². The van der Waals surface area contributed by atoms with E-state index in [-0.39, 0.29) is 12.5 Å². The number of ether oxygens (including phenoxy) is 1. The highest BCUT2D eigenvalue weighted by atomic mass is 16.5. The van der Waals surface area contributed by atoms with Gasteiger partial charge in [-0.05, 0) is 53.4 Å². The topological polar surface area (TPSA) is 106 Å². The molecule has 0 spiro atoms. The molecule has 0 saturated heterocycles. The van der Waals surface area contributed by atoms with Gasteiger partial charge >= 0.3 is 6.03 Å². The highest BCUT2D eigenvalue weighted by molar-refractivity contribution is 5.98. The zero-order valence-electron chi connectivity index (χ0n) is 20.6. The number of amides is 4. The number of imide groups is 1. The summed E-state index contributed by atoms with van der Waals surface area (Å²) in [5, 5.41) is 10.3. The molecule has 0 bridgehead atoms. The van der Waals surface area contributed by atoms with Crippen LogP contribution in [0.15, 0.2) is 66.9 Å². The summed E-state index contributed by atoms with van der Waals surface area (Å²) in [5.74, 6) is 0.525. The van der Waals surface area contributed by atoms with E-state index in [1.807, 2.05) is 73.4 Å². The summed E-state index contributed by atoms with van der Waals surface area (Å²) in [6.45, 7) is 3.08. The van der Waals surface area contributed by atoms with Gasteiger partial charge in [-0.25, -0.2) is 4.79 Å². The second kappa shape index (κ2) is 10.1. The minimum Gasteiger partial charge on any atom is -0.494 e. The molecule has 4 aromatic rings. The minimum atomic E-state index is -0.631. The molecule has 0 aliphatic carbocycles. The Hall–Kier alpha value is -4.66. The third-order valence-electron chi connectivity index (χ3n) is 6.56. The summed E-state index contributed by atoms with van der Waals surface area (Å²) in [4.78, 5) is 37.9. The standard InChI is InChI=1S/C28H27N5O4/c1-3-37-23-10-8-21-15-33(27(35)24(21)13-23)16-25(31-28(36)29-17-34)19-6-4-18(5-7-19)20-9-11-26-22(12-20)14-30-32(26)2/h4-14,17,25H,3,15-16H2,1-2H3,(H2,29,31,34,36)/t25-/m0/s1. The number of hydrogen-bond acceptors (Lipinski definition) is 5. The number of carbonyl (C=O) groups excluding carboxylic acids is 3. The Morgan fingerprint density at radius 2 is 1.89 bits per heavy atom. The molecule has 0 saturated carbocycles. The van der Waals surface area contributed by atoms with Crippen LogP contribution in [-0.4, -0.2) is 46.2 Å². The van der Waals surface area contributed by atoms with Crippen LogP contribution in [-0.2, 0) is 18.4 Å². The molecule has 4 amide bonds. The Morgan fingerprint density at radius 1 is 1.11 bits per heavy atom. The van der Waals surface area contributed by atoms with Crippen LogP contribution in [0.4, 0.5) is 4.79 Å². The Morgan fingerprint density at radius 3 is 2.65 bits per heavy atom. The molecular weight excluding hydrogens is 470 g/mol. The van der Waals surface area contributed by atoms with Gasteiger partial charge in [-0.2, -0.15) is 5.10 Å². The van der Waals surface area contributed by atoms with Gasteiger partial charge in [-0.1, -0.05) is 36.4 Å². The average molecular weight is 498 g/mol. The number of fused-ring (bicyclic) bond motifs is 2. The van der Waals surface area contributed by atoms with Crippen LogP contribution in [0.1, 0.15) is 34.5 Å². The van der Waals surface area contributed by atoms with E-state index in [0.717, 1.165) is 33.2 Å². The van der Waals surface area contributed by atoms with Crippen molar-refractivity contribution in [3.8, 4) is 16.9 Å². The second-order valence-corrected chi connectivity index (χ2v) is 8.89. The van der Waals surface area contributed by atoms with Gasteiger partial charge in [-0.15, -0.1) is 0 Å². The average Bonchev–Trinajstić information content (AvgIpc) is 3.43. The first kappa shape index (κ1) is 24.1. The van der Waals surface area contributed by atoms with Gasteiger partial charge in [0.2, 0.25) is 6.41 Å². The number of aromatic nitrogens is 2. The third-order valence-corrected chi connectivity index (χ3v) is 6.56. The Balaban J connectivity index is 1.38. The van der Waals surface area contributed by atoms with Crippen LogP contribution < -0.4 is 15.4 Å². The van der Waals surface area contributed by atoms with Crippen molar-refractivity contribution in [1.82, 2.24) is 25.3 Å². The molecule has 0 radical (unpaired) electrons. The lowest BCUT2D eigenvalue weighted by Gasteiger charge is -2.25. The molecule has 5 rings (SSSR count). The summed E-state index contributed by atoms with van der Waals surface area (Å²) in [6.07, 6.45) is 2.16. The Bertz CT molecular complexity index is 1480. The largest absolute Gasteiger partial charge is 0.494 e. The smallest absolute Gasteiger partial charge is 0.321 e. The molecule has 37 heavy (non-hydrogen) atoms. The van der Waals surface area contributed by atoms with Gasteiger partial charge in [0.25, 0.3) is 5.91 Å². The van der Waals surface area contributed by atoms with E-state index < -0.39 is 12.1 Å². The predicted molar refractivity (Wildman–Crippen MR) is 139 cm³/mol. The number of benzene rings is 3. The zero-order chi connectivity index (χ0) is 25.9. The van der Waals surface area contributed by atoms with Gasteiger partial charge in [0.1, 0.15) is 5.75 Å². The molecule has 2 heterocycles. The van der Waals surface area contributed by atoms with Crippen molar-refractivity contribution < 1.29 is 19.1 Å². The number of hydrogen-bond donors (Lipinski definition) is 2. The van der Waals surface area contributed by atoms with Crippen molar-refractivity contribution in [2.24, 2.45) is 7.05 Å². The molecule has 0 unspecified atom stereocenters. The molecular formula is C28H27N5O4. The minimum absolute atomic E-state index is 0.124. The number of carbonyl (C=O) groups is 3. The van der Waals surface area contributed by atoms with Crippen LogP contribution in [0, 0.1) is 0 Å². The van der Waals surface area contributed by atoms with Crippen LogP contribution in [0.3, 0.4) is 0 Å². The van der Waals surface area contributed by atoms with Crippen LogP contribution >= 0.6 is 0 Å². The first-order valence-electron chi connectivity index (χ1n) is 12.0. The van der Waals surface area contributed by atoms with Gasteiger partial charge in [0, 0.05) is 31.1 Å². The van der Waals surface area contributed by atoms with Crippen molar-refractivity contribution >= 4 is 29.3 Å². The maximum absolute atomic E-state index is 13.2. The van der Waals surface area contributed by atoms with E-state index in [1.165, 1.54) is 0 Å². The fourth-order valence-corrected chi connectivity index (χ4v) is 4.70. The first-order valence-corrected chi connectivity index (χ1v) is 12.0. The summed E-state index contributed by atoms with van der Waals surface area (Å²) >= 11 is 0. The molecule has 0 fully saturated rings. The lowest BCUT2D eigenvalue weighted by atomic mass is 9.99. The number of aryl methyl sites for hydroxylation is 1. The molecule has 9 nitrogen and oxygen atoms in total. The highest BCUT2D eigenvalue weighted by Crippen LogP contribution is 2.30. The fraction of sp³-hybridized carbons (Fsp3) is 0.214. The van der Waals surface area contributed by atoms with Crippen molar-refractivity contribution in [3.63, 3.8) is 0 Å². The van der Waals surface area contributed by atoms with E-state index in [2.05, 4.69) is 21.8 Å². The third kappa shape index (κ3) is 4.88. The van der Waals surface area contributed by atoms with Gasteiger partial charge in [0.05, 0.1) is 24.4 Å². The molecule has 188 valence electrons. The van der Waals surface area contributed by atoms with E-state index in [1.54, 1.807) is 11.0 Å². The summed E-state index contributed by atoms with van der Waals surface area (Å²) in [7, 11) is 1.91. The summed E-state index contributed by atoms with van der Waals surface area (Å²) in [6, 6.07) is 18.3. The molecule has 1 atom stereocenters. The van der Waals surface area contributed by atoms with E-state index in [0.29, 0.717) is 30.9 Å². The summed E-state index contributed by atoms with van der Waals surface area (Å²) < 4.78 is 7.38. The molecule has 2 N–H and O–H groups in total. The fourth-order valence-electron chi connectivity index (χ4n) is 4.70. The maximum atomic E-state index is 13.2. The molecule has 3 aromatic carbocycles. The van der Waals surface area contributed by atoms with E-state index in [9.17, 15) is 14.4 Å². The molecule has 9 heteroatoms. The van der Waals surface area contributed by atoms with Crippen molar-refractivity contribution in [1.29, 1.82) is 0 Å². The van der Waals surface area contributed by atoms with Gasteiger partial charge in [-0.3, -0.25) is 19.6 Å². The lowest BCUT2D eigenvalue weighted by molar-refractivity contribution is -0.108. The van der Waals surface area contributed by atoms with Crippen molar-refractivity contribution in [2.45, 2.75) is 19.5 Å². The number of nitrogens with zero attached hydrogens (tertiary/aromatic N) is 3. The van der Waals surface area contributed by atoms with Crippen molar-refractivity contribution in [3.05, 3.63) is 83.6 Å². The van der Waals surface area contributed by atoms with Crippen LogP contribution in [0.2, 0.25) is 0 Å². The first-order chi connectivity index (χ1) is 18.0. The van der Waals surface area contributed by atoms with E-state index in [4.69, 9.17) is 4.74 Å². The lowest BCUT2D eigenvalue weighted by Crippen LogP contribution is -2.42.